The van der Waals surface area contributed by atoms with E-state index < -0.39 is 12.6 Å². The Morgan fingerprint density at radius 2 is 2.12 bits per heavy atom. The molecule has 0 aliphatic carbocycles. The molecule has 1 heterocycles. The van der Waals surface area contributed by atoms with E-state index in [1.54, 1.807) is 19.3 Å². The summed E-state index contributed by atoms with van der Waals surface area (Å²) in [6.45, 7) is -0.0859. The number of aromatic nitrogens is 1. The Morgan fingerprint density at radius 3 is 2.69 bits per heavy atom. The number of halogens is 4. The van der Waals surface area contributed by atoms with Crippen LogP contribution in [0.1, 0.15) is 12.0 Å². The zero-order chi connectivity index (χ0) is 12.2. The lowest BCUT2D eigenvalue weighted by Gasteiger charge is -2.22. The number of hydrogen-bond acceptors (Lipinski definition) is 2. The summed E-state index contributed by atoms with van der Waals surface area (Å²) in [5, 5.41) is 0. The van der Waals surface area contributed by atoms with Gasteiger partial charge in [-0.2, -0.15) is 13.2 Å². The Morgan fingerprint density at radius 1 is 1.44 bits per heavy atom. The molecule has 0 aromatic carbocycles. The van der Waals surface area contributed by atoms with Crippen LogP contribution in [-0.2, 0) is 5.88 Å². The number of rotatable bonds is 4. The minimum Gasteiger partial charge on any atom is -0.374 e. The molecule has 0 aliphatic heterocycles. The van der Waals surface area contributed by atoms with Crippen LogP contribution in [0.3, 0.4) is 0 Å². The molecule has 1 aromatic rings. The average Bonchev–Trinajstić information content (AvgIpc) is 2.25. The van der Waals surface area contributed by atoms with Crippen molar-refractivity contribution in [1.82, 2.24) is 4.98 Å². The first-order valence-corrected chi connectivity index (χ1v) is 5.24. The Bertz CT molecular complexity index is 341. The Labute approximate surface area is 97.0 Å². The van der Waals surface area contributed by atoms with Crippen molar-refractivity contribution in [2.75, 3.05) is 18.5 Å². The highest BCUT2D eigenvalue weighted by Gasteiger charge is 2.27. The molecule has 16 heavy (non-hydrogen) atoms. The average molecular weight is 253 g/mol. The second-order valence-corrected chi connectivity index (χ2v) is 3.69. The highest BCUT2D eigenvalue weighted by atomic mass is 35.5. The van der Waals surface area contributed by atoms with Crippen LogP contribution < -0.4 is 4.90 Å². The molecule has 0 spiro atoms. The molecule has 0 saturated heterocycles. The van der Waals surface area contributed by atoms with Crippen LogP contribution in [0, 0.1) is 0 Å². The van der Waals surface area contributed by atoms with Crippen molar-refractivity contribution in [3.8, 4) is 0 Å². The van der Waals surface area contributed by atoms with Gasteiger partial charge in [-0.15, -0.1) is 11.6 Å². The van der Waals surface area contributed by atoms with Gasteiger partial charge in [0.2, 0.25) is 0 Å². The number of anilines is 1. The number of nitrogens with zero attached hydrogens (tertiary/aromatic N) is 2. The van der Waals surface area contributed by atoms with Gasteiger partial charge in [0, 0.05) is 37.2 Å². The van der Waals surface area contributed by atoms with Gasteiger partial charge in [-0.3, -0.25) is 4.98 Å². The molecule has 0 unspecified atom stereocenters. The quantitative estimate of drug-likeness (QED) is 0.765. The summed E-state index contributed by atoms with van der Waals surface area (Å²) in [5.74, 6) is 0.236. The molecule has 90 valence electrons. The smallest absolute Gasteiger partial charge is 0.374 e. The first-order chi connectivity index (χ1) is 7.44. The topological polar surface area (TPSA) is 16.1 Å². The first-order valence-electron chi connectivity index (χ1n) is 4.71. The van der Waals surface area contributed by atoms with Gasteiger partial charge in [-0.25, -0.2) is 0 Å². The lowest BCUT2D eigenvalue weighted by Crippen LogP contribution is -2.24. The molecular formula is C10H12ClF3N2. The zero-order valence-electron chi connectivity index (χ0n) is 8.76. The summed E-state index contributed by atoms with van der Waals surface area (Å²) < 4.78 is 36.1. The SMILES string of the molecule is CN(CCC(F)(F)F)c1ccncc1CCl. The second kappa shape index (κ2) is 5.39. The summed E-state index contributed by atoms with van der Waals surface area (Å²) >= 11 is 5.68. The lowest BCUT2D eigenvalue weighted by molar-refractivity contribution is -0.132. The van der Waals surface area contributed by atoms with Crippen molar-refractivity contribution >= 4 is 17.3 Å². The summed E-state index contributed by atoms with van der Waals surface area (Å²) in [7, 11) is 1.61. The molecule has 0 radical (unpaired) electrons. The normalized spacial score (nSPS) is 11.6. The molecule has 0 amide bonds. The van der Waals surface area contributed by atoms with Gasteiger partial charge in [0.15, 0.2) is 0 Å². The van der Waals surface area contributed by atoms with Crippen LogP contribution in [0.2, 0.25) is 0 Å². The standard InChI is InChI=1S/C10H12ClF3N2/c1-16(5-3-10(12,13)14)9-2-4-15-7-8(9)6-11/h2,4,7H,3,5-6H2,1H3. The van der Waals surface area contributed by atoms with Crippen LogP contribution in [-0.4, -0.2) is 24.8 Å². The minimum atomic E-state index is -4.14. The molecule has 1 aromatic heterocycles. The number of hydrogen-bond donors (Lipinski definition) is 0. The van der Waals surface area contributed by atoms with E-state index in [1.165, 1.54) is 11.1 Å². The molecule has 1 rings (SSSR count). The van der Waals surface area contributed by atoms with Crippen LogP contribution >= 0.6 is 11.6 Å². The van der Waals surface area contributed by atoms with Crippen LogP contribution in [0.15, 0.2) is 18.5 Å². The Balaban J connectivity index is 2.69. The first kappa shape index (κ1) is 13.1. The fraction of sp³-hybridized carbons (Fsp3) is 0.500. The van der Waals surface area contributed by atoms with Gasteiger partial charge >= 0.3 is 6.18 Å². The maximum Gasteiger partial charge on any atom is 0.390 e. The maximum atomic E-state index is 12.0. The fourth-order valence-corrected chi connectivity index (χ4v) is 1.52. The molecule has 0 saturated carbocycles. The molecule has 0 bridgehead atoms. The lowest BCUT2D eigenvalue weighted by atomic mass is 10.2. The van der Waals surface area contributed by atoms with Gasteiger partial charge < -0.3 is 4.90 Å². The van der Waals surface area contributed by atoms with Gasteiger partial charge in [0.1, 0.15) is 0 Å². The fourth-order valence-electron chi connectivity index (χ4n) is 1.31. The van der Waals surface area contributed by atoms with Gasteiger partial charge in [-0.1, -0.05) is 0 Å². The summed E-state index contributed by atoms with van der Waals surface area (Å²) in [5.41, 5.74) is 1.42. The largest absolute Gasteiger partial charge is 0.390 e. The van der Waals surface area contributed by atoms with Crippen molar-refractivity contribution in [2.24, 2.45) is 0 Å². The van der Waals surface area contributed by atoms with Crippen molar-refractivity contribution in [3.63, 3.8) is 0 Å². The van der Waals surface area contributed by atoms with E-state index in [9.17, 15) is 13.2 Å². The van der Waals surface area contributed by atoms with Gasteiger partial charge in [0.05, 0.1) is 12.3 Å². The van der Waals surface area contributed by atoms with Crippen molar-refractivity contribution in [3.05, 3.63) is 24.0 Å². The maximum absolute atomic E-state index is 12.0. The Kier molecular flexibility index (Phi) is 4.41. The van der Waals surface area contributed by atoms with Gasteiger partial charge in [0.25, 0.3) is 0 Å². The number of alkyl halides is 4. The van der Waals surface area contributed by atoms with E-state index in [1.807, 2.05) is 0 Å². The van der Waals surface area contributed by atoms with E-state index in [0.29, 0.717) is 5.69 Å². The third kappa shape index (κ3) is 3.89. The predicted octanol–water partition coefficient (Wildman–Crippen LogP) is 3.21. The molecule has 0 fully saturated rings. The van der Waals surface area contributed by atoms with Gasteiger partial charge in [-0.05, 0) is 6.07 Å². The van der Waals surface area contributed by atoms with Crippen LogP contribution in [0.4, 0.5) is 18.9 Å². The molecule has 0 N–H and O–H groups in total. The molecule has 2 nitrogen and oxygen atoms in total. The van der Waals surface area contributed by atoms with Crippen molar-refractivity contribution in [2.45, 2.75) is 18.5 Å². The highest BCUT2D eigenvalue weighted by Crippen LogP contribution is 2.24. The molecule has 0 atom stereocenters. The van der Waals surface area contributed by atoms with E-state index in [4.69, 9.17) is 11.6 Å². The molecular weight excluding hydrogens is 241 g/mol. The van der Waals surface area contributed by atoms with Crippen LogP contribution in [0.25, 0.3) is 0 Å². The van der Waals surface area contributed by atoms with Crippen molar-refractivity contribution in [1.29, 1.82) is 0 Å². The Hall–Kier alpha value is -0.970. The van der Waals surface area contributed by atoms with E-state index in [-0.39, 0.29) is 12.4 Å². The third-order valence-corrected chi connectivity index (χ3v) is 2.45. The molecule has 0 aliphatic rings. The van der Waals surface area contributed by atoms with E-state index in [0.717, 1.165) is 5.56 Å². The van der Waals surface area contributed by atoms with Crippen molar-refractivity contribution < 1.29 is 13.2 Å². The summed E-state index contributed by atoms with van der Waals surface area (Å²) in [6, 6.07) is 1.66. The predicted molar refractivity (Wildman–Crippen MR) is 57.7 cm³/mol. The number of pyridine rings is 1. The zero-order valence-corrected chi connectivity index (χ0v) is 9.52. The molecule has 6 heteroatoms. The van der Waals surface area contributed by atoms with E-state index >= 15 is 0 Å². The summed E-state index contributed by atoms with van der Waals surface area (Å²) in [6.07, 6.45) is -1.88. The highest BCUT2D eigenvalue weighted by molar-refractivity contribution is 6.17. The van der Waals surface area contributed by atoms with E-state index in [2.05, 4.69) is 4.98 Å². The monoisotopic (exact) mass is 252 g/mol. The third-order valence-electron chi connectivity index (χ3n) is 2.16. The summed E-state index contributed by atoms with van der Waals surface area (Å²) in [4.78, 5) is 5.41. The minimum absolute atomic E-state index is 0.0859. The second-order valence-electron chi connectivity index (χ2n) is 3.42. The van der Waals surface area contributed by atoms with Crippen LogP contribution in [0.5, 0.6) is 0 Å².